The molecule has 4 N–H and O–H groups in total. The van der Waals surface area contributed by atoms with Crippen molar-refractivity contribution in [2.24, 2.45) is 17.6 Å². The molecular formula is C15H30N2O3. The zero-order valence-corrected chi connectivity index (χ0v) is 13.0. The van der Waals surface area contributed by atoms with Crippen molar-refractivity contribution in [3.8, 4) is 0 Å². The smallest absolute Gasteiger partial charge is 0.303 e. The lowest BCUT2D eigenvalue weighted by molar-refractivity contribution is -0.137. The van der Waals surface area contributed by atoms with Crippen molar-refractivity contribution >= 4 is 11.9 Å². The van der Waals surface area contributed by atoms with Crippen molar-refractivity contribution in [3.63, 3.8) is 0 Å². The Balaban J connectivity index is 3.98. The number of carbonyl (C=O) groups is 2. The van der Waals surface area contributed by atoms with Gasteiger partial charge in [0.05, 0.1) is 6.04 Å². The molecule has 2 atom stereocenters. The third kappa shape index (κ3) is 8.91. The van der Waals surface area contributed by atoms with Crippen LogP contribution < -0.4 is 11.1 Å². The number of hydrogen-bond acceptors (Lipinski definition) is 3. The highest BCUT2D eigenvalue weighted by Crippen LogP contribution is 2.20. The highest BCUT2D eigenvalue weighted by Gasteiger charge is 2.16. The van der Waals surface area contributed by atoms with Crippen molar-refractivity contribution < 1.29 is 14.7 Å². The van der Waals surface area contributed by atoms with E-state index in [9.17, 15) is 9.59 Å². The van der Waals surface area contributed by atoms with Gasteiger partial charge in [0.25, 0.3) is 0 Å². The second-order valence-corrected chi connectivity index (χ2v) is 5.76. The molecule has 5 nitrogen and oxygen atoms in total. The Hall–Kier alpha value is -1.10. The van der Waals surface area contributed by atoms with Crippen LogP contribution in [0.3, 0.4) is 0 Å². The van der Waals surface area contributed by atoms with Gasteiger partial charge in [-0.15, -0.1) is 0 Å². The number of carboxylic acids is 1. The zero-order chi connectivity index (χ0) is 15.5. The molecule has 0 aromatic carbocycles. The quantitative estimate of drug-likeness (QED) is 0.542. The Morgan fingerprint density at radius 3 is 2.35 bits per heavy atom. The van der Waals surface area contributed by atoms with E-state index < -0.39 is 12.0 Å². The van der Waals surface area contributed by atoms with Crippen LogP contribution in [0, 0.1) is 11.8 Å². The highest BCUT2D eigenvalue weighted by atomic mass is 16.4. The summed E-state index contributed by atoms with van der Waals surface area (Å²) in [4.78, 5) is 22.3. The first-order valence-corrected chi connectivity index (χ1v) is 7.63. The molecule has 0 aliphatic rings. The fourth-order valence-corrected chi connectivity index (χ4v) is 2.19. The summed E-state index contributed by atoms with van der Waals surface area (Å²) in [6, 6.07) is -0.425. The predicted molar refractivity (Wildman–Crippen MR) is 80.3 cm³/mol. The molecule has 1 amide bonds. The Morgan fingerprint density at radius 2 is 1.85 bits per heavy atom. The average molecular weight is 286 g/mol. The van der Waals surface area contributed by atoms with Crippen LogP contribution in [0.4, 0.5) is 0 Å². The first-order chi connectivity index (χ1) is 9.38. The van der Waals surface area contributed by atoms with Crippen LogP contribution in [0.5, 0.6) is 0 Å². The SMILES string of the molecule is CCCCC(N)C(=O)NCCC(CCC(=O)O)C(C)C. The summed E-state index contributed by atoms with van der Waals surface area (Å²) in [5.74, 6) is -0.126. The normalized spacial score (nSPS) is 14.1. The summed E-state index contributed by atoms with van der Waals surface area (Å²) in [5.41, 5.74) is 5.79. The van der Waals surface area contributed by atoms with Crippen molar-refractivity contribution in [2.45, 2.75) is 65.3 Å². The molecule has 0 fully saturated rings. The van der Waals surface area contributed by atoms with Crippen LogP contribution in [0.1, 0.15) is 59.3 Å². The molecule has 20 heavy (non-hydrogen) atoms. The lowest BCUT2D eigenvalue weighted by Gasteiger charge is -2.20. The van der Waals surface area contributed by atoms with Gasteiger partial charge in [-0.2, -0.15) is 0 Å². The lowest BCUT2D eigenvalue weighted by Crippen LogP contribution is -2.41. The van der Waals surface area contributed by atoms with E-state index in [-0.39, 0.29) is 12.3 Å². The average Bonchev–Trinajstić information content (AvgIpc) is 2.38. The second kappa shape index (κ2) is 10.7. The molecule has 0 rings (SSSR count). The van der Waals surface area contributed by atoms with Crippen LogP contribution in [-0.2, 0) is 9.59 Å². The van der Waals surface area contributed by atoms with Gasteiger partial charge in [-0.05, 0) is 31.1 Å². The molecule has 0 heterocycles. The Morgan fingerprint density at radius 1 is 1.20 bits per heavy atom. The largest absolute Gasteiger partial charge is 0.481 e. The Labute approximate surface area is 122 Å². The maximum absolute atomic E-state index is 11.7. The van der Waals surface area contributed by atoms with Gasteiger partial charge in [0.1, 0.15) is 0 Å². The van der Waals surface area contributed by atoms with Crippen LogP contribution in [0.25, 0.3) is 0 Å². The van der Waals surface area contributed by atoms with Gasteiger partial charge >= 0.3 is 5.97 Å². The minimum absolute atomic E-state index is 0.0980. The molecule has 0 saturated carbocycles. The van der Waals surface area contributed by atoms with Crippen molar-refractivity contribution in [2.75, 3.05) is 6.54 Å². The number of aliphatic carboxylic acids is 1. The molecule has 2 unspecified atom stereocenters. The van der Waals surface area contributed by atoms with E-state index in [1.54, 1.807) is 0 Å². The number of carbonyl (C=O) groups excluding carboxylic acids is 1. The van der Waals surface area contributed by atoms with Gasteiger partial charge < -0.3 is 16.2 Å². The monoisotopic (exact) mass is 286 g/mol. The number of nitrogens with two attached hydrogens (primary N) is 1. The number of hydrogen-bond donors (Lipinski definition) is 3. The highest BCUT2D eigenvalue weighted by molar-refractivity contribution is 5.81. The first-order valence-electron chi connectivity index (χ1n) is 7.63. The van der Waals surface area contributed by atoms with Crippen LogP contribution in [0.2, 0.25) is 0 Å². The van der Waals surface area contributed by atoms with Gasteiger partial charge in [0, 0.05) is 13.0 Å². The number of carboxylic acid groups (broad SMARTS) is 1. The molecule has 5 heteroatoms. The van der Waals surface area contributed by atoms with Gasteiger partial charge in [-0.1, -0.05) is 33.6 Å². The van der Waals surface area contributed by atoms with Gasteiger partial charge in [-0.25, -0.2) is 0 Å². The van der Waals surface area contributed by atoms with E-state index >= 15 is 0 Å². The third-order valence-corrected chi connectivity index (χ3v) is 3.69. The molecule has 0 radical (unpaired) electrons. The van der Waals surface area contributed by atoms with Crippen molar-refractivity contribution in [1.82, 2.24) is 5.32 Å². The number of unbranched alkanes of at least 4 members (excludes halogenated alkanes) is 1. The molecule has 0 spiro atoms. The first kappa shape index (κ1) is 18.9. The van der Waals surface area contributed by atoms with E-state index in [4.69, 9.17) is 10.8 Å². The summed E-state index contributed by atoms with van der Waals surface area (Å²) in [6.45, 7) is 6.81. The minimum Gasteiger partial charge on any atom is -0.481 e. The van der Waals surface area contributed by atoms with E-state index in [0.29, 0.717) is 24.8 Å². The fourth-order valence-electron chi connectivity index (χ4n) is 2.19. The van der Waals surface area contributed by atoms with Gasteiger partial charge in [0.15, 0.2) is 0 Å². The van der Waals surface area contributed by atoms with E-state index in [0.717, 1.165) is 25.7 Å². The molecule has 0 aromatic heterocycles. The standard InChI is InChI=1S/C15H30N2O3/c1-4-5-6-13(16)15(20)17-10-9-12(11(2)3)7-8-14(18)19/h11-13H,4-10,16H2,1-3H3,(H,17,20)(H,18,19). The molecule has 118 valence electrons. The molecule has 0 aromatic rings. The number of nitrogens with one attached hydrogen (secondary N) is 1. The van der Waals surface area contributed by atoms with E-state index in [1.807, 2.05) is 0 Å². The van der Waals surface area contributed by atoms with Crippen LogP contribution >= 0.6 is 0 Å². The van der Waals surface area contributed by atoms with Crippen LogP contribution in [0.15, 0.2) is 0 Å². The summed E-state index contributed by atoms with van der Waals surface area (Å²) >= 11 is 0. The molecule has 0 bridgehead atoms. The minimum atomic E-state index is -0.763. The zero-order valence-electron chi connectivity index (χ0n) is 13.0. The second-order valence-electron chi connectivity index (χ2n) is 5.76. The summed E-state index contributed by atoms with van der Waals surface area (Å²) in [5, 5.41) is 11.6. The predicted octanol–water partition coefficient (Wildman–Crippen LogP) is 2.15. The third-order valence-electron chi connectivity index (χ3n) is 3.69. The molecular weight excluding hydrogens is 256 g/mol. The molecule has 0 aliphatic carbocycles. The number of amides is 1. The molecule has 0 aliphatic heterocycles. The Kier molecular flexibility index (Phi) is 10.1. The van der Waals surface area contributed by atoms with E-state index in [2.05, 4.69) is 26.1 Å². The summed E-state index contributed by atoms with van der Waals surface area (Å²) < 4.78 is 0. The fraction of sp³-hybridized carbons (Fsp3) is 0.867. The summed E-state index contributed by atoms with van der Waals surface area (Å²) in [6.07, 6.45) is 4.36. The maximum Gasteiger partial charge on any atom is 0.303 e. The molecule has 0 saturated heterocycles. The Bertz CT molecular complexity index is 293. The van der Waals surface area contributed by atoms with E-state index in [1.165, 1.54) is 0 Å². The van der Waals surface area contributed by atoms with Crippen LogP contribution in [-0.4, -0.2) is 29.6 Å². The summed E-state index contributed by atoms with van der Waals surface area (Å²) in [7, 11) is 0. The van der Waals surface area contributed by atoms with Crippen molar-refractivity contribution in [1.29, 1.82) is 0 Å². The maximum atomic E-state index is 11.7. The van der Waals surface area contributed by atoms with Gasteiger partial charge in [-0.3, -0.25) is 9.59 Å². The van der Waals surface area contributed by atoms with Gasteiger partial charge in [0.2, 0.25) is 5.91 Å². The number of rotatable bonds is 11. The van der Waals surface area contributed by atoms with Crippen molar-refractivity contribution in [3.05, 3.63) is 0 Å². The lowest BCUT2D eigenvalue weighted by atomic mass is 9.88. The topological polar surface area (TPSA) is 92.4 Å².